The summed E-state index contributed by atoms with van der Waals surface area (Å²) >= 11 is 0. The van der Waals surface area contributed by atoms with E-state index in [2.05, 4.69) is 0 Å². The maximum absolute atomic E-state index is 10.2. The standard InChI is InChI=1S/C4H7BO3/c1-2(6)3(5)4(7)8/h3H,5H2,1H3,(H,7,8). The number of carbonyl (C=O) groups excluding carboxylic acids is 1. The van der Waals surface area contributed by atoms with Gasteiger partial charge in [0.05, 0.1) is 5.82 Å². The Hall–Kier alpha value is -0.795. The summed E-state index contributed by atoms with van der Waals surface area (Å²) in [4.78, 5) is 20.1. The highest BCUT2D eigenvalue weighted by atomic mass is 16.4. The average Bonchev–Trinajstić information content (AvgIpc) is 1.64. The van der Waals surface area contributed by atoms with Crippen LogP contribution in [0.25, 0.3) is 0 Å². The van der Waals surface area contributed by atoms with Gasteiger partial charge in [-0.05, 0) is 6.92 Å². The van der Waals surface area contributed by atoms with E-state index in [1.54, 1.807) is 0 Å². The van der Waals surface area contributed by atoms with E-state index >= 15 is 0 Å². The van der Waals surface area contributed by atoms with Crippen molar-refractivity contribution >= 4 is 19.6 Å². The van der Waals surface area contributed by atoms with Gasteiger partial charge in [-0.25, -0.2) is 0 Å². The first-order valence-corrected chi connectivity index (χ1v) is 2.29. The maximum atomic E-state index is 10.2. The van der Waals surface area contributed by atoms with Gasteiger partial charge in [0.25, 0.3) is 0 Å². The molecule has 3 nitrogen and oxygen atoms in total. The van der Waals surface area contributed by atoms with Crippen LogP contribution in [-0.4, -0.2) is 24.7 Å². The molecule has 1 unspecified atom stereocenters. The van der Waals surface area contributed by atoms with Crippen molar-refractivity contribution in [3.05, 3.63) is 0 Å². The van der Waals surface area contributed by atoms with E-state index in [1.165, 1.54) is 14.8 Å². The van der Waals surface area contributed by atoms with Gasteiger partial charge in [0, 0.05) is 0 Å². The fraction of sp³-hybridized carbons (Fsp3) is 0.500. The zero-order valence-corrected chi connectivity index (χ0v) is 4.84. The Kier molecular flexibility index (Phi) is 2.25. The minimum Gasteiger partial charge on any atom is -0.481 e. The Bertz CT molecular complexity index is 106. The molecular formula is C4H7BO3. The Morgan fingerprint density at radius 3 is 2.00 bits per heavy atom. The van der Waals surface area contributed by atoms with E-state index in [9.17, 15) is 9.59 Å². The topological polar surface area (TPSA) is 54.4 Å². The lowest BCUT2D eigenvalue weighted by Crippen LogP contribution is -2.14. The zero-order chi connectivity index (χ0) is 6.73. The van der Waals surface area contributed by atoms with Crippen LogP contribution in [0.2, 0.25) is 5.82 Å². The number of ketones is 1. The van der Waals surface area contributed by atoms with Crippen molar-refractivity contribution in [1.29, 1.82) is 0 Å². The summed E-state index contributed by atoms with van der Waals surface area (Å²) in [7, 11) is 1.37. The summed E-state index contributed by atoms with van der Waals surface area (Å²) in [5.74, 6) is -2.22. The van der Waals surface area contributed by atoms with Crippen LogP contribution in [-0.2, 0) is 9.59 Å². The van der Waals surface area contributed by atoms with Crippen molar-refractivity contribution in [2.24, 2.45) is 0 Å². The lowest BCUT2D eigenvalue weighted by molar-refractivity contribution is -0.139. The predicted octanol–water partition coefficient (Wildman–Crippen LogP) is -0.918. The summed E-state index contributed by atoms with van der Waals surface area (Å²) in [6.45, 7) is 1.26. The fourth-order valence-electron chi connectivity index (χ4n) is 0.174. The van der Waals surface area contributed by atoms with Crippen molar-refractivity contribution in [2.45, 2.75) is 12.7 Å². The minimum absolute atomic E-state index is 0.308. The molecular weight excluding hydrogens is 107 g/mol. The first-order chi connectivity index (χ1) is 3.55. The maximum Gasteiger partial charge on any atom is 0.305 e. The van der Waals surface area contributed by atoms with Gasteiger partial charge in [-0.3, -0.25) is 9.59 Å². The third-order valence-corrected chi connectivity index (χ3v) is 0.980. The molecule has 0 saturated heterocycles. The molecule has 0 fully saturated rings. The van der Waals surface area contributed by atoms with Crippen LogP contribution in [0.5, 0.6) is 0 Å². The van der Waals surface area contributed by atoms with Crippen LogP contribution >= 0.6 is 0 Å². The molecule has 0 aliphatic heterocycles. The quantitative estimate of drug-likeness (QED) is 0.373. The summed E-state index contributed by atoms with van der Waals surface area (Å²) in [6, 6.07) is 0. The third kappa shape index (κ3) is 1.77. The summed E-state index contributed by atoms with van der Waals surface area (Å²) in [6.07, 6.45) is 0. The van der Waals surface area contributed by atoms with E-state index in [-0.39, 0.29) is 5.78 Å². The highest BCUT2D eigenvalue weighted by Crippen LogP contribution is 1.97. The molecule has 0 bridgehead atoms. The molecule has 1 N–H and O–H groups in total. The highest BCUT2D eigenvalue weighted by Gasteiger charge is 2.14. The fourth-order valence-corrected chi connectivity index (χ4v) is 0.174. The van der Waals surface area contributed by atoms with E-state index in [0.29, 0.717) is 0 Å². The molecule has 1 atom stereocenters. The monoisotopic (exact) mass is 114 g/mol. The number of hydrogen-bond donors (Lipinski definition) is 1. The Balaban J connectivity index is 3.83. The number of rotatable bonds is 2. The zero-order valence-electron chi connectivity index (χ0n) is 4.84. The molecule has 8 heavy (non-hydrogen) atoms. The Morgan fingerprint density at radius 2 is 2.00 bits per heavy atom. The van der Waals surface area contributed by atoms with Crippen LogP contribution in [0.1, 0.15) is 6.92 Å². The lowest BCUT2D eigenvalue weighted by Gasteiger charge is -1.95. The first kappa shape index (κ1) is 7.20. The smallest absolute Gasteiger partial charge is 0.305 e. The van der Waals surface area contributed by atoms with Gasteiger partial charge in [0.1, 0.15) is 13.6 Å². The average molecular weight is 114 g/mol. The summed E-state index contributed by atoms with van der Waals surface area (Å²) in [5, 5.41) is 8.13. The molecule has 0 aliphatic rings. The summed E-state index contributed by atoms with van der Waals surface area (Å²) in [5.41, 5.74) is 0. The van der Waals surface area contributed by atoms with E-state index < -0.39 is 11.8 Å². The van der Waals surface area contributed by atoms with Crippen LogP contribution in [0, 0.1) is 0 Å². The first-order valence-electron chi connectivity index (χ1n) is 2.29. The van der Waals surface area contributed by atoms with Crippen LogP contribution < -0.4 is 0 Å². The lowest BCUT2D eigenvalue weighted by atomic mass is 9.84. The molecule has 0 aromatic heterocycles. The van der Waals surface area contributed by atoms with Crippen molar-refractivity contribution < 1.29 is 14.7 Å². The van der Waals surface area contributed by atoms with Crippen molar-refractivity contribution in [2.75, 3.05) is 0 Å². The number of aliphatic carboxylic acids is 1. The Labute approximate surface area is 48.1 Å². The van der Waals surface area contributed by atoms with Gasteiger partial charge >= 0.3 is 5.97 Å². The molecule has 4 heteroatoms. The normalized spacial score (nSPS) is 12.6. The predicted molar refractivity (Wildman–Crippen MR) is 30.6 cm³/mol. The second-order valence-corrected chi connectivity index (χ2v) is 1.67. The molecule has 0 aromatic carbocycles. The highest BCUT2D eigenvalue weighted by molar-refractivity contribution is 6.34. The number of Topliss-reactive ketones (excluding diaryl/α,β-unsaturated/α-hetero) is 1. The Morgan fingerprint density at radius 1 is 1.62 bits per heavy atom. The van der Waals surface area contributed by atoms with Crippen molar-refractivity contribution in [3.63, 3.8) is 0 Å². The van der Waals surface area contributed by atoms with Crippen molar-refractivity contribution in [3.8, 4) is 0 Å². The SMILES string of the molecule is BC(C(C)=O)C(=O)O. The number of carboxylic acids is 1. The second-order valence-electron chi connectivity index (χ2n) is 1.67. The van der Waals surface area contributed by atoms with E-state index in [4.69, 9.17) is 5.11 Å². The number of hydrogen-bond acceptors (Lipinski definition) is 2. The molecule has 0 heterocycles. The summed E-state index contributed by atoms with van der Waals surface area (Å²) < 4.78 is 0. The van der Waals surface area contributed by atoms with Gasteiger partial charge in [0.2, 0.25) is 0 Å². The molecule has 0 saturated carbocycles. The van der Waals surface area contributed by atoms with Crippen molar-refractivity contribution in [1.82, 2.24) is 0 Å². The van der Waals surface area contributed by atoms with Crippen LogP contribution in [0.4, 0.5) is 0 Å². The van der Waals surface area contributed by atoms with Crippen LogP contribution in [0.3, 0.4) is 0 Å². The molecule has 44 valence electrons. The van der Waals surface area contributed by atoms with E-state index in [0.717, 1.165) is 0 Å². The van der Waals surface area contributed by atoms with Gasteiger partial charge in [-0.15, -0.1) is 0 Å². The molecule has 0 aliphatic carbocycles. The number of carboxylic acid groups (broad SMARTS) is 1. The molecule has 0 amide bonds. The van der Waals surface area contributed by atoms with Crippen LogP contribution in [0.15, 0.2) is 0 Å². The number of carbonyl (C=O) groups is 2. The molecule has 0 aromatic rings. The molecule has 0 rings (SSSR count). The molecule has 0 spiro atoms. The largest absolute Gasteiger partial charge is 0.481 e. The van der Waals surface area contributed by atoms with E-state index in [1.807, 2.05) is 0 Å². The molecule has 0 radical (unpaired) electrons. The second kappa shape index (κ2) is 2.50. The van der Waals surface area contributed by atoms with Gasteiger partial charge in [-0.1, -0.05) is 0 Å². The minimum atomic E-state index is -1.06. The van der Waals surface area contributed by atoms with Gasteiger partial charge < -0.3 is 5.11 Å². The third-order valence-electron chi connectivity index (χ3n) is 0.980. The van der Waals surface area contributed by atoms with Gasteiger partial charge in [-0.2, -0.15) is 0 Å². The van der Waals surface area contributed by atoms with Gasteiger partial charge in [0.15, 0.2) is 0 Å².